The van der Waals surface area contributed by atoms with Crippen molar-refractivity contribution in [1.82, 2.24) is 0 Å². The van der Waals surface area contributed by atoms with E-state index in [4.69, 9.17) is 33.9 Å². The smallest absolute Gasteiger partial charge is 0.333 e. The van der Waals surface area contributed by atoms with Crippen LogP contribution < -0.4 is 0 Å². The van der Waals surface area contributed by atoms with Crippen molar-refractivity contribution in [2.75, 3.05) is 66.1 Å². The van der Waals surface area contributed by atoms with Gasteiger partial charge in [-0.05, 0) is 13.8 Å². The third-order valence-corrected chi connectivity index (χ3v) is 2.46. The zero-order valence-corrected chi connectivity index (χ0v) is 23.3. The van der Waals surface area contributed by atoms with E-state index < -0.39 is 11.9 Å². The molecule has 0 atom stereocenters. The Morgan fingerprint density at radius 3 is 0.838 bits per heavy atom. The molecular weight excluding hydrogens is 480 g/mol. The highest BCUT2D eigenvalue weighted by molar-refractivity contribution is 5.87. The number of aliphatic hydroxyl groups is 2. The number of carbonyl (C=O) groups is 2. The van der Waals surface area contributed by atoms with E-state index in [9.17, 15) is 9.59 Å². The van der Waals surface area contributed by atoms with E-state index in [2.05, 4.69) is 78.9 Å². The summed E-state index contributed by atoms with van der Waals surface area (Å²) in [4.78, 5) is 22.1. The Morgan fingerprint density at radius 2 is 0.676 bits per heavy atom. The predicted octanol–water partition coefficient (Wildman–Crippen LogP) is 4.26. The van der Waals surface area contributed by atoms with Crippen LogP contribution in [-0.2, 0) is 33.3 Å². The summed E-state index contributed by atoms with van der Waals surface area (Å²) in [5, 5.41) is 15.2. The van der Waals surface area contributed by atoms with Gasteiger partial charge in [0.1, 0.15) is 13.2 Å². The summed E-state index contributed by atoms with van der Waals surface area (Å²) >= 11 is 0. The molecule has 2 N–H and O–H groups in total. The van der Waals surface area contributed by atoms with Crippen molar-refractivity contribution >= 4 is 11.9 Å². The highest BCUT2D eigenvalue weighted by Gasteiger charge is 2.02. The maximum absolute atomic E-state index is 11.0. The lowest BCUT2D eigenvalue weighted by molar-refractivity contribution is -0.141. The average molecular weight is 533 g/mol. The normalized spacial score (nSPS) is 7.68. The lowest BCUT2D eigenvalue weighted by atomic mass is 10.4. The van der Waals surface area contributed by atoms with Crippen molar-refractivity contribution in [1.29, 1.82) is 0 Å². The Kier molecular flexibility index (Phi) is 80.4. The average Bonchev–Trinajstić information content (AvgIpc) is 2.96. The largest absolute Gasteiger partial charge is 0.460 e. The molecule has 0 aromatic carbocycles. The van der Waals surface area contributed by atoms with E-state index in [0.29, 0.717) is 50.8 Å². The molecule has 0 aliphatic heterocycles. The van der Waals surface area contributed by atoms with Crippen molar-refractivity contribution in [3.8, 4) is 0 Å². The Labute approximate surface area is 225 Å². The Bertz CT molecular complexity index is 444. The summed E-state index contributed by atoms with van der Waals surface area (Å²) in [6.45, 7) is 42.5. The molecule has 9 heteroatoms. The predicted molar refractivity (Wildman–Crippen MR) is 154 cm³/mol. The van der Waals surface area contributed by atoms with E-state index in [-0.39, 0.29) is 26.4 Å². The molecule has 0 aliphatic rings. The number of ether oxygens (including phenoxy) is 5. The van der Waals surface area contributed by atoms with Gasteiger partial charge in [-0.25, -0.2) is 9.59 Å². The van der Waals surface area contributed by atoms with Crippen LogP contribution in [0.25, 0.3) is 0 Å². The molecule has 0 saturated heterocycles. The second kappa shape index (κ2) is 58.6. The summed E-state index contributed by atoms with van der Waals surface area (Å²) in [7, 11) is 0. The first-order valence-corrected chi connectivity index (χ1v) is 11.0. The van der Waals surface area contributed by atoms with Gasteiger partial charge in [-0.1, -0.05) is 13.2 Å². The van der Waals surface area contributed by atoms with Gasteiger partial charge in [-0.15, -0.1) is 65.8 Å². The van der Waals surface area contributed by atoms with E-state index in [1.807, 2.05) is 0 Å². The zero-order chi connectivity index (χ0) is 30.9. The highest BCUT2D eigenvalue weighted by Crippen LogP contribution is 1.92. The van der Waals surface area contributed by atoms with Crippen LogP contribution in [-0.4, -0.2) is 88.2 Å². The summed E-state index contributed by atoms with van der Waals surface area (Å²) in [5.41, 5.74) is 0.727. The van der Waals surface area contributed by atoms with Gasteiger partial charge in [0.05, 0.1) is 52.9 Å². The van der Waals surface area contributed by atoms with Crippen LogP contribution in [0.3, 0.4) is 0 Å². The number of hydrogen-bond donors (Lipinski definition) is 2. The maximum Gasteiger partial charge on any atom is 0.333 e. The Morgan fingerprint density at radius 1 is 0.486 bits per heavy atom. The molecule has 0 aliphatic carbocycles. The summed E-state index contributed by atoms with van der Waals surface area (Å²) in [6, 6.07) is 0. The SMILES string of the molecule is C=C.C=C.C=C.C=C.C=C.C=C(C)C(=O)OCCOCCOCCOCCOC(=O)C(=C)C.OCCO. The monoisotopic (exact) mass is 532 g/mol. The number of carbonyl (C=O) groups excluding carboxylic acids is 2. The van der Waals surface area contributed by atoms with Gasteiger partial charge in [0.2, 0.25) is 0 Å². The molecular formula is C28H52O9. The van der Waals surface area contributed by atoms with E-state index in [1.165, 1.54) is 0 Å². The van der Waals surface area contributed by atoms with Crippen molar-refractivity contribution in [3.63, 3.8) is 0 Å². The molecule has 0 heterocycles. The fourth-order valence-electron chi connectivity index (χ4n) is 1.17. The fraction of sp³-hybridized carbons (Fsp3) is 0.429. The second-order valence-electron chi connectivity index (χ2n) is 5.12. The van der Waals surface area contributed by atoms with Gasteiger partial charge in [0.25, 0.3) is 0 Å². The fourth-order valence-corrected chi connectivity index (χ4v) is 1.17. The third-order valence-electron chi connectivity index (χ3n) is 2.46. The minimum atomic E-state index is -0.420. The quantitative estimate of drug-likeness (QED) is 0.138. The molecule has 0 amide bonds. The van der Waals surface area contributed by atoms with Crippen LogP contribution in [0.5, 0.6) is 0 Å². The van der Waals surface area contributed by atoms with Crippen molar-refractivity contribution < 1.29 is 43.5 Å². The van der Waals surface area contributed by atoms with Crippen molar-refractivity contribution in [3.05, 3.63) is 90.1 Å². The standard InChI is InChI=1S/C16H26O7.C2H6O2.5C2H4/c1-13(2)15(17)22-11-9-20-7-5-19-6-8-21-10-12-23-16(18)14(3)4;3-1-2-4;5*1-2/h1,3,5-12H2,2,4H3;3-4H,1-2H2;5*1-2H2. The molecule has 0 fully saturated rings. The van der Waals surface area contributed by atoms with Crippen LogP contribution in [0.2, 0.25) is 0 Å². The van der Waals surface area contributed by atoms with Crippen LogP contribution in [0, 0.1) is 0 Å². The second-order valence-corrected chi connectivity index (χ2v) is 5.12. The first-order valence-electron chi connectivity index (χ1n) is 11.0. The van der Waals surface area contributed by atoms with Gasteiger partial charge in [-0.2, -0.15) is 0 Å². The molecule has 0 spiro atoms. The van der Waals surface area contributed by atoms with Crippen molar-refractivity contribution in [2.45, 2.75) is 13.8 Å². The minimum absolute atomic E-state index is 0.125. The maximum atomic E-state index is 11.0. The molecule has 0 aromatic rings. The molecule has 9 nitrogen and oxygen atoms in total. The van der Waals surface area contributed by atoms with Gasteiger partial charge in [0.15, 0.2) is 0 Å². The topological polar surface area (TPSA) is 121 Å². The number of esters is 2. The number of hydrogen-bond acceptors (Lipinski definition) is 9. The highest BCUT2D eigenvalue weighted by atomic mass is 16.6. The van der Waals surface area contributed by atoms with Crippen LogP contribution in [0.4, 0.5) is 0 Å². The minimum Gasteiger partial charge on any atom is -0.460 e. The molecule has 0 saturated carbocycles. The van der Waals surface area contributed by atoms with Gasteiger partial charge >= 0.3 is 11.9 Å². The third kappa shape index (κ3) is 65.5. The van der Waals surface area contributed by atoms with Crippen molar-refractivity contribution in [2.24, 2.45) is 0 Å². The number of rotatable bonds is 15. The van der Waals surface area contributed by atoms with Gasteiger partial charge in [-0.3, -0.25) is 0 Å². The molecule has 0 bridgehead atoms. The molecule has 0 unspecified atom stereocenters. The Hall–Kier alpha value is -3.08. The van der Waals surface area contributed by atoms with E-state index >= 15 is 0 Å². The van der Waals surface area contributed by atoms with Crippen LogP contribution in [0.1, 0.15) is 13.8 Å². The van der Waals surface area contributed by atoms with E-state index in [0.717, 1.165) is 0 Å². The summed E-state index contributed by atoms with van der Waals surface area (Å²) in [5.74, 6) is -0.841. The van der Waals surface area contributed by atoms with E-state index in [1.54, 1.807) is 13.8 Å². The first-order chi connectivity index (χ1) is 17.9. The molecule has 37 heavy (non-hydrogen) atoms. The summed E-state index contributed by atoms with van der Waals surface area (Å²) < 4.78 is 25.4. The Balaban J connectivity index is -0.000000108. The van der Waals surface area contributed by atoms with Crippen LogP contribution >= 0.6 is 0 Å². The molecule has 0 radical (unpaired) electrons. The lowest BCUT2D eigenvalue weighted by Crippen LogP contribution is -2.15. The van der Waals surface area contributed by atoms with Gasteiger partial charge < -0.3 is 33.9 Å². The summed E-state index contributed by atoms with van der Waals surface area (Å²) in [6.07, 6.45) is 0. The van der Waals surface area contributed by atoms with Crippen LogP contribution in [0.15, 0.2) is 90.1 Å². The number of aliphatic hydroxyl groups excluding tert-OH is 2. The molecule has 0 aromatic heterocycles. The lowest BCUT2D eigenvalue weighted by Gasteiger charge is -2.08. The van der Waals surface area contributed by atoms with Gasteiger partial charge in [0, 0.05) is 11.1 Å². The molecule has 0 rings (SSSR count). The zero-order valence-electron chi connectivity index (χ0n) is 23.3. The first kappa shape index (κ1) is 50.7. The molecule has 218 valence electrons.